The average molecular weight is 277 g/mol. The normalized spacial score (nSPS) is 24.4. The van der Waals surface area contributed by atoms with E-state index >= 15 is 0 Å². The Kier molecular flexibility index (Phi) is 4.60. The highest BCUT2D eigenvalue weighted by Crippen LogP contribution is 2.24. The van der Waals surface area contributed by atoms with Crippen LogP contribution < -0.4 is 10.6 Å². The molecule has 0 aromatic carbocycles. The summed E-state index contributed by atoms with van der Waals surface area (Å²) in [7, 11) is 2.19. The number of rotatable bonds is 3. The van der Waals surface area contributed by atoms with Gasteiger partial charge < -0.3 is 10.6 Å². The van der Waals surface area contributed by atoms with Crippen LogP contribution in [-0.2, 0) is 6.54 Å². The molecule has 1 aliphatic heterocycles. The SMILES string of the molecule is CC(C)c1ncc(N2CC(C)N(C)C(C)C2)c(CN)n1. The molecule has 0 spiro atoms. The average Bonchev–Trinajstić information content (AvgIpc) is 2.43. The maximum absolute atomic E-state index is 5.90. The largest absolute Gasteiger partial charge is 0.366 e. The highest BCUT2D eigenvalue weighted by molar-refractivity contribution is 5.50. The molecule has 1 aromatic rings. The first kappa shape index (κ1) is 15.2. The molecule has 2 N–H and O–H groups in total. The van der Waals surface area contributed by atoms with Crippen LogP contribution in [0.2, 0.25) is 0 Å². The summed E-state index contributed by atoms with van der Waals surface area (Å²) in [4.78, 5) is 13.9. The Bertz CT molecular complexity index is 448. The Morgan fingerprint density at radius 1 is 1.30 bits per heavy atom. The van der Waals surface area contributed by atoms with Crippen LogP contribution in [0.15, 0.2) is 6.20 Å². The molecule has 20 heavy (non-hydrogen) atoms. The van der Waals surface area contributed by atoms with Gasteiger partial charge in [0.2, 0.25) is 0 Å². The smallest absolute Gasteiger partial charge is 0.131 e. The Labute approximate surface area is 122 Å². The van der Waals surface area contributed by atoms with Crippen LogP contribution in [0.3, 0.4) is 0 Å². The van der Waals surface area contributed by atoms with Gasteiger partial charge in [-0.1, -0.05) is 13.8 Å². The molecule has 2 rings (SSSR count). The van der Waals surface area contributed by atoms with Crippen LogP contribution in [0.25, 0.3) is 0 Å². The Balaban J connectivity index is 2.28. The third-order valence-corrected chi connectivity index (χ3v) is 4.27. The van der Waals surface area contributed by atoms with Gasteiger partial charge >= 0.3 is 0 Å². The summed E-state index contributed by atoms with van der Waals surface area (Å²) in [5.41, 5.74) is 7.96. The highest BCUT2D eigenvalue weighted by Gasteiger charge is 2.28. The summed E-state index contributed by atoms with van der Waals surface area (Å²) in [5, 5.41) is 0. The second-order valence-electron chi connectivity index (χ2n) is 6.19. The van der Waals surface area contributed by atoms with Crippen molar-refractivity contribution in [2.24, 2.45) is 5.73 Å². The van der Waals surface area contributed by atoms with E-state index in [0.29, 0.717) is 24.5 Å². The molecule has 1 saturated heterocycles. The van der Waals surface area contributed by atoms with Crippen LogP contribution in [-0.4, -0.2) is 47.1 Å². The van der Waals surface area contributed by atoms with Gasteiger partial charge in [0.05, 0.1) is 17.6 Å². The molecule has 1 fully saturated rings. The molecule has 2 heterocycles. The maximum atomic E-state index is 5.90. The van der Waals surface area contributed by atoms with E-state index in [9.17, 15) is 0 Å². The summed E-state index contributed by atoms with van der Waals surface area (Å²) in [5.74, 6) is 1.21. The summed E-state index contributed by atoms with van der Waals surface area (Å²) in [6, 6.07) is 1.04. The van der Waals surface area contributed by atoms with Crippen molar-refractivity contribution in [3.8, 4) is 0 Å². The summed E-state index contributed by atoms with van der Waals surface area (Å²) >= 11 is 0. The van der Waals surface area contributed by atoms with Crippen LogP contribution >= 0.6 is 0 Å². The zero-order chi connectivity index (χ0) is 14.9. The Hall–Kier alpha value is -1.20. The van der Waals surface area contributed by atoms with Crippen LogP contribution in [0.5, 0.6) is 0 Å². The first-order chi connectivity index (χ1) is 9.43. The number of hydrogen-bond acceptors (Lipinski definition) is 5. The predicted octanol–water partition coefficient (Wildman–Crippen LogP) is 1.59. The highest BCUT2D eigenvalue weighted by atomic mass is 15.3. The van der Waals surface area contributed by atoms with E-state index in [0.717, 1.165) is 30.3 Å². The molecule has 2 unspecified atom stereocenters. The lowest BCUT2D eigenvalue weighted by Crippen LogP contribution is -2.55. The van der Waals surface area contributed by atoms with E-state index < -0.39 is 0 Å². The molecule has 2 atom stereocenters. The minimum Gasteiger partial charge on any atom is -0.366 e. The lowest BCUT2D eigenvalue weighted by molar-refractivity contribution is 0.170. The molecular weight excluding hydrogens is 250 g/mol. The van der Waals surface area contributed by atoms with E-state index in [1.165, 1.54) is 0 Å². The zero-order valence-corrected chi connectivity index (χ0v) is 13.3. The van der Waals surface area contributed by atoms with Gasteiger partial charge in [-0.25, -0.2) is 9.97 Å². The molecule has 0 amide bonds. The van der Waals surface area contributed by atoms with Gasteiger partial charge in [-0.05, 0) is 20.9 Å². The fourth-order valence-electron chi connectivity index (χ4n) is 2.72. The molecule has 0 saturated carbocycles. The Morgan fingerprint density at radius 2 is 1.90 bits per heavy atom. The number of hydrogen-bond donors (Lipinski definition) is 1. The third-order valence-electron chi connectivity index (χ3n) is 4.27. The van der Waals surface area contributed by atoms with Crippen LogP contribution in [0.4, 0.5) is 5.69 Å². The first-order valence-electron chi connectivity index (χ1n) is 7.46. The third kappa shape index (κ3) is 2.94. The maximum Gasteiger partial charge on any atom is 0.131 e. The van der Waals surface area contributed by atoms with Gasteiger partial charge in [-0.3, -0.25) is 4.90 Å². The van der Waals surface area contributed by atoms with Gasteiger partial charge in [0.15, 0.2) is 0 Å². The Morgan fingerprint density at radius 3 is 2.40 bits per heavy atom. The molecule has 5 heteroatoms. The van der Waals surface area contributed by atoms with Crippen molar-refractivity contribution in [1.29, 1.82) is 0 Å². The molecule has 0 radical (unpaired) electrons. The second kappa shape index (κ2) is 6.06. The second-order valence-corrected chi connectivity index (χ2v) is 6.19. The van der Waals surface area contributed by atoms with Crippen molar-refractivity contribution in [2.75, 3.05) is 25.0 Å². The number of aromatic nitrogens is 2. The first-order valence-corrected chi connectivity index (χ1v) is 7.46. The molecule has 1 aliphatic rings. The van der Waals surface area contributed by atoms with Crippen LogP contribution in [0.1, 0.15) is 45.1 Å². The van der Waals surface area contributed by atoms with Gasteiger partial charge in [0.25, 0.3) is 0 Å². The number of nitrogens with zero attached hydrogens (tertiary/aromatic N) is 4. The van der Waals surface area contributed by atoms with E-state index in [1.54, 1.807) is 0 Å². The van der Waals surface area contributed by atoms with Crippen molar-refractivity contribution >= 4 is 5.69 Å². The van der Waals surface area contributed by atoms with E-state index in [4.69, 9.17) is 5.73 Å². The minimum absolute atomic E-state index is 0.333. The lowest BCUT2D eigenvalue weighted by Gasteiger charge is -2.43. The monoisotopic (exact) mass is 277 g/mol. The fourth-order valence-corrected chi connectivity index (χ4v) is 2.72. The molecule has 0 aliphatic carbocycles. The van der Waals surface area contributed by atoms with Crippen molar-refractivity contribution in [2.45, 2.75) is 52.2 Å². The fraction of sp³-hybridized carbons (Fsp3) is 0.733. The molecule has 5 nitrogen and oxygen atoms in total. The van der Waals surface area contributed by atoms with Gasteiger partial charge in [0.1, 0.15) is 5.82 Å². The van der Waals surface area contributed by atoms with E-state index in [1.807, 2.05) is 6.20 Å². The molecular formula is C15H27N5. The van der Waals surface area contributed by atoms with Gasteiger partial charge in [0, 0.05) is 37.6 Å². The van der Waals surface area contributed by atoms with Crippen molar-refractivity contribution in [3.63, 3.8) is 0 Å². The number of piperazine rings is 1. The van der Waals surface area contributed by atoms with Gasteiger partial charge in [-0.2, -0.15) is 0 Å². The van der Waals surface area contributed by atoms with Crippen molar-refractivity contribution in [1.82, 2.24) is 14.9 Å². The van der Waals surface area contributed by atoms with Crippen LogP contribution in [0, 0.1) is 0 Å². The predicted molar refractivity (Wildman–Crippen MR) is 82.9 cm³/mol. The molecule has 1 aromatic heterocycles. The summed E-state index contributed by atoms with van der Waals surface area (Å²) in [6.45, 7) is 11.2. The molecule has 112 valence electrons. The van der Waals surface area contributed by atoms with Gasteiger partial charge in [-0.15, -0.1) is 0 Å². The quantitative estimate of drug-likeness (QED) is 0.909. The topological polar surface area (TPSA) is 58.3 Å². The zero-order valence-electron chi connectivity index (χ0n) is 13.3. The molecule has 0 bridgehead atoms. The van der Waals surface area contributed by atoms with Crippen molar-refractivity contribution < 1.29 is 0 Å². The summed E-state index contributed by atoms with van der Waals surface area (Å²) in [6.07, 6.45) is 1.95. The van der Waals surface area contributed by atoms with E-state index in [2.05, 4.69) is 54.5 Å². The minimum atomic E-state index is 0.333. The van der Waals surface area contributed by atoms with E-state index in [-0.39, 0.29) is 0 Å². The number of anilines is 1. The summed E-state index contributed by atoms with van der Waals surface area (Å²) < 4.78 is 0. The number of likely N-dealkylation sites (N-methyl/N-ethyl adjacent to an activating group) is 1. The van der Waals surface area contributed by atoms with Crippen molar-refractivity contribution in [3.05, 3.63) is 17.7 Å². The number of nitrogens with two attached hydrogens (primary N) is 1. The lowest BCUT2D eigenvalue weighted by atomic mass is 10.1. The standard InChI is InChI=1S/C15H27N5/c1-10(2)15-17-7-14(13(6-16)18-15)20-8-11(3)19(5)12(4)9-20/h7,10-12H,6,8-9,16H2,1-5H3.